The second-order valence-electron chi connectivity index (χ2n) is 11.8. The smallest absolute Gasteiger partial charge is 0.260 e. The lowest BCUT2D eigenvalue weighted by atomic mass is 9.90. The van der Waals surface area contributed by atoms with E-state index in [4.69, 9.17) is 16.6 Å². The number of carbonyl (C=O) groups excluding carboxylic acids is 1. The van der Waals surface area contributed by atoms with Crippen LogP contribution in [0.25, 0.3) is 22.2 Å². The van der Waals surface area contributed by atoms with Gasteiger partial charge in [-0.05, 0) is 75.5 Å². The number of benzene rings is 2. The summed E-state index contributed by atoms with van der Waals surface area (Å²) in [6.07, 6.45) is 4.87. The molecule has 2 aliphatic rings. The molecule has 2 fully saturated rings. The molecular formula is C33H38ClN7O2. The van der Waals surface area contributed by atoms with E-state index in [2.05, 4.69) is 57.6 Å². The number of hydrogen-bond donors (Lipinski definition) is 2. The lowest BCUT2D eigenvalue weighted by molar-refractivity contribution is -0.119. The minimum absolute atomic E-state index is 0.0259. The van der Waals surface area contributed by atoms with Crippen molar-refractivity contribution in [1.29, 1.82) is 0 Å². The lowest BCUT2D eigenvalue weighted by Gasteiger charge is -2.35. The number of aryl methyl sites for hydroxylation is 1. The Hall–Kier alpha value is -3.95. The van der Waals surface area contributed by atoms with Gasteiger partial charge >= 0.3 is 0 Å². The van der Waals surface area contributed by atoms with Crippen molar-refractivity contribution in [2.24, 2.45) is 0 Å². The fourth-order valence-corrected chi connectivity index (χ4v) is 6.66. The van der Waals surface area contributed by atoms with E-state index in [1.54, 1.807) is 19.2 Å². The molecule has 0 unspecified atom stereocenters. The van der Waals surface area contributed by atoms with Crippen LogP contribution in [0.4, 0.5) is 17.3 Å². The highest BCUT2D eigenvalue weighted by atomic mass is 35.5. The van der Waals surface area contributed by atoms with E-state index in [0.29, 0.717) is 27.7 Å². The Morgan fingerprint density at radius 2 is 1.72 bits per heavy atom. The average molecular weight is 600 g/mol. The van der Waals surface area contributed by atoms with Crippen LogP contribution in [0.2, 0.25) is 5.02 Å². The normalized spacial score (nSPS) is 19.4. The third-order valence-electron chi connectivity index (χ3n) is 8.70. The van der Waals surface area contributed by atoms with Crippen molar-refractivity contribution in [2.75, 3.05) is 43.4 Å². The minimum Gasteiger partial charge on any atom is -0.369 e. The molecule has 1 amide bonds. The molecule has 1 saturated heterocycles. The van der Waals surface area contributed by atoms with Crippen molar-refractivity contribution in [3.8, 4) is 11.1 Å². The van der Waals surface area contributed by atoms with Crippen LogP contribution in [0.3, 0.4) is 0 Å². The maximum atomic E-state index is 14.2. The predicted molar refractivity (Wildman–Crippen MR) is 174 cm³/mol. The van der Waals surface area contributed by atoms with Crippen molar-refractivity contribution < 1.29 is 4.79 Å². The van der Waals surface area contributed by atoms with Crippen LogP contribution in [-0.2, 0) is 4.79 Å². The van der Waals surface area contributed by atoms with Gasteiger partial charge in [0.1, 0.15) is 5.65 Å². The number of piperazine rings is 1. The Balaban J connectivity index is 1.35. The number of likely N-dealkylation sites (N-methyl/N-ethyl adjacent to an activating group) is 1. The van der Waals surface area contributed by atoms with Crippen LogP contribution < -0.4 is 21.1 Å². The highest BCUT2D eigenvalue weighted by Crippen LogP contribution is 2.33. The SMILES string of the molecule is CC(=O)NC1CCC(n2c(=O)c(-c3ccccc3Cl)cc3cnc(Nc4ccc(N5CCN(C)CC5)c(C)c4)nc32)CC1. The molecular weight excluding hydrogens is 562 g/mol. The van der Waals surface area contributed by atoms with Gasteiger partial charge in [0.25, 0.3) is 5.56 Å². The van der Waals surface area contributed by atoms with E-state index in [9.17, 15) is 9.59 Å². The fraction of sp³-hybridized carbons (Fsp3) is 0.394. The molecule has 1 aliphatic carbocycles. The summed E-state index contributed by atoms with van der Waals surface area (Å²) in [5.74, 6) is 0.409. The van der Waals surface area contributed by atoms with E-state index in [1.165, 1.54) is 11.3 Å². The molecule has 2 aromatic heterocycles. The molecule has 9 nitrogen and oxygen atoms in total. The maximum Gasteiger partial charge on any atom is 0.260 e. The molecule has 0 radical (unpaired) electrons. The van der Waals surface area contributed by atoms with Crippen LogP contribution >= 0.6 is 11.6 Å². The standard InChI is InChI=1S/C33H38ClN7O2/c1-21-18-25(10-13-30(21)40-16-14-39(3)15-17-40)37-33-35-20-23-19-28(27-6-4-5-7-29(27)34)32(43)41(31(23)38-33)26-11-8-24(9-12-26)36-22(2)42/h4-7,10,13,18-20,24,26H,8-9,11-12,14-17H2,1-3H3,(H,36,42)(H,35,37,38). The molecule has 0 atom stereocenters. The molecule has 10 heteroatoms. The van der Waals surface area contributed by atoms with E-state index in [0.717, 1.165) is 62.9 Å². The number of nitrogens with one attached hydrogen (secondary N) is 2. The zero-order chi connectivity index (χ0) is 30.1. The van der Waals surface area contributed by atoms with Crippen LogP contribution in [-0.4, -0.2) is 64.6 Å². The van der Waals surface area contributed by atoms with Crippen LogP contribution in [0.5, 0.6) is 0 Å². The largest absolute Gasteiger partial charge is 0.369 e. The summed E-state index contributed by atoms with van der Waals surface area (Å²) in [5, 5.41) is 7.70. The number of aromatic nitrogens is 3. The van der Waals surface area contributed by atoms with Gasteiger partial charge in [-0.1, -0.05) is 29.8 Å². The first-order valence-corrected chi connectivity index (χ1v) is 15.4. The molecule has 43 heavy (non-hydrogen) atoms. The first kappa shape index (κ1) is 29.1. The molecule has 3 heterocycles. The number of carbonyl (C=O) groups is 1. The third-order valence-corrected chi connectivity index (χ3v) is 9.03. The Bertz CT molecular complexity index is 1710. The van der Waals surface area contributed by atoms with Gasteiger partial charge < -0.3 is 20.4 Å². The average Bonchev–Trinajstić information content (AvgIpc) is 2.98. The predicted octanol–water partition coefficient (Wildman–Crippen LogP) is 5.54. The third kappa shape index (κ3) is 6.24. The van der Waals surface area contributed by atoms with Crippen LogP contribution in [0.15, 0.2) is 59.5 Å². The van der Waals surface area contributed by atoms with Crippen molar-refractivity contribution in [3.63, 3.8) is 0 Å². The van der Waals surface area contributed by atoms with Gasteiger partial charge in [-0.2, -0.15) is 4.98 Å². The molecule has 2 aromatic carbocycles. The Morgan fingerprint density at radius 3 is 2.42 bits per heavy atom. The highest BCUT2D eigenvalue weighted by molar-refractivity contribution is 6.33. The van der Waals surface area contributed by atoms with Crippen LogP contribution in [0.1, 0.15) is 44.2 Å². The number of anilines is 3. The lowest BCUT2D eigenvalue weighted by Crippen LogP contribution is -2.44. The molecule has 4 aromatic rings. The van der Waals surface area contributed by atoms with Crippen molar-refractivity contribution in [3.05, 3.63) is 75.7 Å². The first-order chi connectivity index (χ1) is 20.8. The Kier molecular flexibility index (Phi) is 8.36. The van der Waals surface area contributed by atoms with Gasteiger partial charge in [0.05, 0.1) is 0 Å². The minimum atomic E-state index is -0.124. The number of rotatable bonds is 6. The fourth-order valence-electron chi connectivity index (χ4n) is 6.42. The van der Waals surface area contributed by atoms with E-state index < -0.39 is 0 Å². The quantitative estimate of drug-likeness (QED) is 0.301. The van der Waals surface area contributed by atoms with Crippen molar-refractivity contribution >= 4 is 45.9 Å². The van der Waals surface area contributed by atoms with E-state index in [-0.39, 0.29) is 23.6 Å². The zero-order valence-electron chi connectivity index (χ0n) is 24.9. The van der Waals surface area contributed by atoms with Gasteiger partial charge in [0.2, 0.25) is 11.9 Å². The zero-order valence-corrected chi connectivity index (χ0v) is 25.7. The maximum absolute atomic E-state index is 14.2. The molecule has 224 valence electrons. The van der Waals surface area contributed by atoms with Crippen molar-refractivity contribution in [2.45, 2.75) is 51.6 Å². The number of pyridine rings is 1. The number of hydrogen-bond acceptors (Lipinski definition) is 7. The first-order valence-electron chi connectivity index (χ1n) is 15.0. The summed E-state index contributed by atoms with van der Waals surface area (Å²) in [5.41, 5.74) is 5.01. The molecule has 2 N–H and O–H groups in total. The number of halogens is 1. The van der Waals surface area contributed by atoms with Gasteiger partial charge in [0.15, 0.2) is 0 Å². The van der Waals surface area contributed by atoms with Crippen molar-refractivity contribution in [1.82, 2.24) is 24.8 Å². The molecule has 6 rings (SSSR count). The van der Waals surface area contributed by atoms with Gasteiger partial charge in [-0.25, -0.2) is 4.98 Å². The summed E-state index contributed by atoms with van der Waals surface area (Å²) in [6.45, 7) is 7.81. The Morgan fingerprint density at radius 1 is 0.977 bits per heavy atom. The van der Waals surface area contributed by atoms with Gasteiger partial charge in [-0.15, -0.1) is 0 Å². The number of fused-ring (bicyclic) bond motifs is 1. The van der Waals surface area contributed by atoms with E-state index >= 15 is 0 Å². The number of amides is 1. The molecule has 1 saturated carbocycles. The van der Waals surface area contributed by atoms with Crippen LogP contribution in [0, 0.1) is 6.92 Å². The van der Waals surface area contributed by atoms with Gasteiger partial charge in [0, 0.05) is 84.3 Å². The summed E-state index contributed by atoms with van der Waals surface area (Å²) in [6, 6.07) is 15.6. The van der Waals surface area contributed by atoms with E-state index in [1.807, 2.05) is 28.8 Å². The Labute approximate surface area is 256 Å². The second-order valence-corrected chi connectivity index (χ2v) is 12.2. The summed E-state index contributed by atoms with van der Waals surface area (Å²) >= 11 is 6.55. The monoisotopic (exact) mass is 599 g/mol. The highest BCUT2D eigenvalue weighted by Gasteiger charge is 2.27. The number of nitrogens with zero attached hydrogens (tertiary/aromatic N) is 5. The topological polar surface area (TPSA) is 95.4 Å². The summed E-state index contributed by atoms with van der Waals surface area (Å²) < 4.78 is 1.83. The summed E-state index contributed by atoms with van der Waals surface area (Å²) in [4.78, 5) is 40.1. The molecule has 1 aliphatic heterocycles. The second kappa shape index (κ2) is 12.3. The summed E-state index contributed by atoms with van der Waals surface area (Å²) in [7, 11) is 2.16. The van der Waals surface area contributed by atoms with Gasteiger partial charge in [-0.3, -0.25) is 14.2 Å². The molecule has 0 bridgehead atoms. The molecule has 0 spiro atoms.